The van der Waals surface area contributed by atoms with Crippen molar-refractivity contribution in [3.05, 3.63) is 35.9 Å². The molecule has 26 heavy (non-hydrogen) atoms. The molecule has 2 rings (SSSR count). The van der Waals surface area contributed by atoms with Gasteiger partial charge in [-0.2, -0.15) is 11.8 Å². The summed E-state index contributed by atoms with van der Waals surface area (Å²) in [5.74, 6) is 0.190. The number of amides is 2. The maximum absolute atomic E-state index is 12.5. The highest BCUT2D eigenvalue weighted by Gasteiger charge is 2.22. The summed E-state index contributed by atoms with van der Waals surface area (Å²) < 4.78 is 0. The van der Waals surface area contributed by atoms with Gasteiger partial charge < -0.3 is 10.6 Å². The number of thioether (sulfide) groups is 1. The number of hydrazine groups is 1. The molecule has 1 saturated carbocycles. The summed E-state index contributed by atoms with van der Waals surface area (Å²) >= 11 is 6.85. The number of carbonyl (C=O) groups is 2. The van der Waals surface area contributed by atoms with Gasteiger partial charge >= 0.3 is 0 Å². The molecule has 1 atom stereocenters. The zero-order valence-electron chi connectivity index (χ0n) is 14.9. The minimum Gasteiger partial charge on any atom is -0.359 e. The predicted octanol–water partition coefficient (Wildman–Crippen LogP) is 1.98. The molecule has 8 heteroatoms. The van der Waals surface area contributed by atoms with Crippen molar-refractivity contribution in [3.8, 4) is 0 Å². The van der Waals surface area contributed by atoms with E-state index in [0.717, 1.165) is 18.6 Å². The van der Waals surface area contributed by atoms with Gasteiger partial charge in [-0.25, -0.2) is 0 Å². The first-order valence-electron chi connectivity index (χ1n) is 8.81. The van der Waals surface area contributed by atoms with E-state index < -0.39 is 6.04 Å². The van der Waals surface area contributed by atoms with Crippen LogP contribution in [-0.2, 0) is 4.79 Å². The first-order valence-corrected chi connectivity index (χ1v) is 10.6. The molecular formula is C18H26N4O2S2. The third-order valence-electron chi connectivity index (χ3n) is 4.26. The Hall–Kier alpha value is -1.80. The summed E-state index contributed by atoms with van der Waals surface area (Å²) in [5.41, 5.74) is 5.88. The Bertz CT molecular complexity index is 606. The number of hydrogen-bond acceptors (Lipinski definition) is 4. The lowest BCUT2D eigenvalue weighted by atomic mass is 10.1. The number of carbonyl (C=O) groups excluding carboxylic acids is 2. The average molecular weight is 395 g/mol. The van der Waals surface area contributed by atoms with Gasteiger partial charge in [0.05, 0.1) is 0 Å². The van der Waals surface area contributed by atoms with Gasteiger partial charge in [0.1, 0.15) is 6.04 Å². The summed E-state index contributed by atoms with van der Waals surface area (Å²) in [5, 5.41) is 6.40. The van der Waals surface area contributed by atoms with E-state index in [1.807, 2.05) is 12.3 Å². The molecule has 0 unspecified atom stereocenters. The number of nitrogens with one attached hydrogen (secondary N) is 4. The van der Waals surface area contributed by atoms with Crippen molar-refractivity contribution in [1.29, 1.82) is 0 Å². The van der Waals surface area contributed by atoms with E-state index in [-0.39, 0.29) is 11.8 Å². The maximum Gasteiger partial charge on any atom is 0.260 e. The van der Waals surface area contributed by atoms with Gasteiger partial charge in [-0.05, 0) is 55.6 Å². The second kappa shape index (κ2) is 11.0. The van der Waals surface area contributed by atoms with Crippen molar-refractivity contribution < 1.29 is 9.59 Å². The van der Waals surface area contributed by atoms with Crippen LogP contribution in [0.5, 0.6) is 0 Å². The molecule has 0 heterocycles. The zero-order chi connectivity index (χ0) is 18.8. The van der Waals surface area contributed by atoms with Crippen molar-refractivity contribution in [2.24, 2.45) is 0 Å². The quantitative estimate of drug-likeness (QED) is 0.418. The van der Waals surface area contributed by atoms with Crippen LogP contribution >= 0.6 is 24.0 Å². The van der Waals surface area contributed by atoms with Crippen LogP contribution in [0.4, 0.5) is 0 Å². The Labute approximate surface area is 164 Å². The molecule has 1 aromatic carbocycles. The lowest BCUT2D eigenvalue weighted by molar-refractivity contribution is -0.123. The van der Waals surface area contributed by atoms with Gasteiger partial charge in [0.25, 0.3) is 11.8 Å². The summed E-state index contributed by atoms with van der Waals surface area (Å²) in [6.07, 6.45) is 7.10. The largest absolute Gasteiger partial charge is 0.359 e. The maximum atomic E-state index is 12.5. The molecule has 1 fully saturated rings. The Balaban J connectivity index is 1.84. The van der Waals surface area contributed by atoms with Crippen molar-refractivity contribution in [1.82, 2.24) is 21.5 Å². The summed E-state index contributed by atoms with van der Waals surface area (Å²) in [4.78, 5) is 24.8. The fourth-order valence-electron chi connectivity index (χ4n) is 2.83. The zero-order valence-corrected chi connectivity index (χ0v) is 16.6. The Morgan fingerprint density at radius 3 is 2.54 bits per heavy atom. The van der Waals surface area contributed by atoms with E-state index in [1.54, 1.807) is 36.0 Å². The third-order valence-corrected chi connectivity index (χ3v) is 5.12. The topological polar surface area (TPSA) is 82.3 Å². The minimum atomic E-state index is -0.628. The minimum absolute atomic E-state index is 0.265. The lowest BCUT2D eigenvalue weighted by Gasteiger charge is -2.20. The second-order valence-electron chi connectivity index (χ2n) is 6.24. The molecule has 0 aliphatic heterocycles. The fourth-order valence-corrected chi connectivity index (χ4v) is 3.52. The average Bonchev–Trinajstić information content (AvgIpc) is 3.16. The normalized spacial score (nSPS) is 15.1. The second-order valence-corrected chi connectivity index (χ2v) is 7.64. The van der Waals surface area contributed by atoms with Crippen molar-refractivity contribution in [2.75, 3.05) is 12.0 Å². The number of thiocarbonyl (C=S) groups is 1. The fraction of sp³-hybridized carbons (Fsp3) is 0.500. The van der Waals surface area contributed by atoms with Crippen LogP contribution in [0.3, 0.4) is 0 Å². The molecular weight excluding hydrogens is 368 g/mol. The van der Waals surface area contributed by atoms with Crippen LogP contribution in [0, 0.1) is 0 Å². The molecule has 0 saturated heterocycles. The standard InChI is InChI=1S/C18H26N4O2S2/c1-26-12-11-15(20-16(23)13-7-3-2-4-8-13)17(24)21-22-18(25)19-14-9-5-6-10-14/h2-4,7-8,14-15H,5-6,9-12H2,1H3,(H,20,23)(H,21,24)(H2,19,22,25)/t15-/m0/s1. The molecule has 0 bridgehead atoms. The predicted molar refractivity (Wildman–Crippen MR) is 110 cm³/mol. The monoisotopic (exact) mass is 394 g/mol. The molecule has 142 valence electrons. The number of hydrogen-bond donors (Lipinski definition) is 4. The van der Waals surface area contributed by atoms with Crippen LogP contribution in [0.25, 0.3) is 0 Å². The number of benzene rings is 1. The van der Waals surface area contributed by atoms with Crippen molar-refractivity contribution >= 4 is 40.9 Å². The smallest absolute Gasteiger partial charge is 0.260 e. The molecule has 0 radical (unpaired) electrons. The van der Waals surface area contributed by atoms with Gasteiger partial charge in [-0.15, -0.1) is 0 Å². The van der Waals surface area contributed by atoms with E-state index in [9.17, 15) is 9.59 Å². The van der Waals surface area contributed by atoms with Crippen LogP contribution in [-0.4, -0.2) is 41.0 Å². The van der Waals surface area contributed by atoms with Crippen molar-refractivity contribution in [3.63, 3.8) is 0 Å². The number of rotatable bonds is 7. The third kappa shape index (κ3) is 6.84. The molecule has 4 N–H and O–H groups in total. The molecule has 0 spiro atoms. The summed E-state index contributed by atoms with van der Waals surface area (Å²) in [7, 11) is 0. The van der Waals surface area contributed by atoms with Crippen LogP contribution in [0.15, 0.2) is 30.3 Å². The first kappa shape index (κ1) is 20.5. The molecule has 2 amide bonds. The van der Waals surface area contributed by atoms with E-state index in [2.05, 4.69) is 21.5 Å². The first-order chi connectivity index (χ1) is 12.6. The summed E-state index contributed by atoms with van der Waals surface area (Å²) in [6.45, 7) is 0. The molecule has 1 aliphatic carbocycles. The molecule has 1 aliphatic rings. The van der Waals surface area contributed by atoms with E-state index in [4.69, 9.17) is 12.2 Å². The van der Waals surface area contributed by atoms with Crippen LogP contribution in [0.1, 0.15) is 42.5 Å². The molecule has 0 aromatic heterocycles. The molecule has 1 aromatic rings. The molecule has 6 nitrogen and oxygen atoms in total. The SMILES string of the molecule is CSCC[C@H](NC(=O)c1ccccc1)C(=O)NNC(=S)NC1CCCC1. The van der Waals surface area contributed by atoms with Gasteiger partial charge in [0, 0.05) is 11.6 Å². The Morgan fingerprint density at radius 2 is 1.88 bits per heavy atom. The van der Waals surface area contributed by atoms with Gasteiger partial charge in [-0.1, -0.05) is 31.0 Å². The van der Waals surface area contributed by atoms with E-state index in [1.165, 1.54) is 12.8 Å². The van der Waals surface area contributed by atoms with Gasteiger partial charge in [0.15, 0.2) is 5.11 Å². The highest BCUT2D eigenvalue weighted by molar-refractivity contribution is 7.98. The van der Waals surface area contributed by atoms with Crippen LogP contribution in [0.2, 0.25) is 0 Å². The van der Waals surface area contributed by atoms with Gasteiger partial charge in [-0.3, -0.25) is 20.4 Å². The highest BCUT2D eigenvalue weighted by atomic mass is 32.2. The lowest BCUT2D eigenvalue weighted by Crippen LogP contribution is -2.55. The summed E-state index contributed by atoms with van der Waals surface area (Å²) in [6, 6.07) is 8.61. The Kier molecular flexibility index (Phi) is 8.70. The van der Waals surface area contributed by atoms with E-state index >= 15 is 0 Å². The highest BCUT2D eigenvalue weighted by Crippen LogP contribution is 2.17. The van der Waals surface area contributed by atoms with Crippen LogP contribution < -0.4 is 21.5 Å². The Morgan fingerprint density at radius 1 is 1.19 bits per heavy atom. The van der Waals surface area contributed by atoms with E-state index in [0.29, 0.717) is 23.1 Å². The van der Waals surface area contributed by atoms with Gasteiger partial charge in [0.2, 0.25) is 0 Å². The van der Waals surface area contributed by atoms with Crippen molar-refractivity contribution in [2.45, 2.75) is 44.2 Å².